The zero-order valence-electron chi connectivity index (χ0n) is 15.2. The fourth-order valence-corrected chi connectivity index (χ4v) is 5.96. The van der Waals surface area contributed by atoms with Crippen LogP contribution in [0.25, 0.3) is 0 Å². The second-order valence-corrected chi connectivity index (χ2v) is 9.13. The topological polar surface area (TPSA) is 63.6 Å². The third kappa shape index (κ3) is 3.82. The lowest BCUT2D eigenvalue weighted by atomic mass is 9.57. The van der Waals surface area contributed by atoms with Crippen LogP contribution in [0.1, 0.15) is 58.3 Å². The number of carbonyl (C=O) groups is 2. The molecule has 0 radical (unpaired) electrons. The van der Waals surface area contributed by atoms with Crippen LogP contribution in [0.4, 0.5) is 0 Å². The Morgan fingerprint density at radius 1 is 1.44 bits per heavy atom. The molecule has 25 heavy (non-hydrogen) atoms. The number of aliphatic hydroxyl groups is 1. The summed E-state index contributed by atoms with van der Waals surface area (Å²) in [5.41, 5.74) is 0.646. The zero-order chi connectivity index (χ0) is 18.0. The molecule has 0 aromatic carbocycles. The molecule has 3 rings (SSSR count). The molecular formula is C20H30O4S. The van der Waals surface area contributed by atoms with Gasteiger partial charge in [-0.15, -0.1) is 0 Å². The van der Waals surface area contributed by atoms with Crippen molar-refractivity contribution in [2.75, 3.05) is 11.5 Å². The molecule has 0 saturated heterocycles. The van der Waals surface area contributed by atoms with Gasteiger partial charge in [-0.2, -0.15) is 11.8 Å². The van der Waals surface area contributed by atoms with Crippen molar-refractivity contribution in [1.82, 2.24) is 0 Å². The van der Waals surface area contributed by atoms with Gasteiger partial charge in [0.15, 0.2) is 0 Å². The van der Waals surface area contributed by atoms with Crippen LogP contribution in [0.5, 0.6) is 0 Å². The Morgan fingerprint density at radius 2 is 2.24 bits per heavy atom. The molecule has 4 nitrogen and oxygen atoms in total. The molecule has 5 heteroatoms. The number of hydrogen-bond donors (Lipinski definition) is 1. The number of aliphatic hydroxyl groups excluding tert-OH is 1. The number of esters is 1. The maximum Gasteiger partial charge on any atom is 0.316 e. The van der Waals surface area contributed by atoms with Crippen LogP contribution in [-0.2, 0) is 14.3 Å². The minimum atomic E-state index is -0.594. The lowest BCUT2D eigenvalue weighted by molar-refractivity contribution is -0.156. The van der Waals surface area contributed by atoms with Gasteiger partial charge in [0.1, 0.15) is 11.9 Å². The summed E-state index contributed by atoms with van der Waals surface area (Å²) in [6.07, 6.45) is 5.70. The maximum absolute atomic E-state index is 12.7. The second-order valence-electron chi connectivity index (χ2n) is 8.03. The second kappa shape index (κ2) is 7.83. The van der Waals surface area contributed by atoms with Crippen LogP contribution < -0.4 is 0 Å². The number of ketones is 1. The highest BCUT2D eigenvalue weighted by molar-refractivity contribution is 7.99. The Kier molecular flexibility index (Phi) is 5.94. The summed E-state index contributed by atoms with van der Waals surface area (Å²) in [5, 5.41) is 10.6. The first-order valence-corrected chi connectivity index (χ1v) is 10.8. The molecule has 5 atom stereocenters. The van der Waals surface area contributed by atoms with E-state index >= 15 is 0 Å². The van der Waals surface area contributed by atoms with Crippen LogP contribution in [0.15, 0.2) is 12.2 Å². The van der Waals surface area contributed by atoms with Crippen molar-refractivity contribution in [1.29, 1.82) is 0 Å². The molecule has 2 bridgehead atoms. The average Bonchev–Trinajstić information content (AvgIpc) is 2.90. The Morgan fingerprint density at radius 3 is 3.00 bits per heavy atom. The predicted molar refractivity (Wildman–Crippen MR) is 99.4 cm³/mol. The molecule has 1 N–H and O–H groups in total. The molecule has 0 aromatic heterocycles. The van der Waals surface area contributed by atoms with E-state index in [-0.39, 0.29) is 29.3 Å². The summed E-state index contributed by atoms with van der Waals surface area (Å²) >= 11 is 1.59. The summed E-state index contributed by atoms with van der Waals surface area (Å²) in [4.78, 5) is 24.9. The Bertz CT molecular complexity index is 546. The van der Waals surface area contributed by atoms with E-state index in [1.165, 1.54) is 0 Å². The number of thioether (sulfide) groups is 1. The van der Waals surface area contributed by atoms with Crippen LogP contribution in [-0.4, -0.2) is 40.6 Å². The fourth-order valence-electron chi connectivity index (χ4n) is 5.29. The summed E-state index contributed by atoms with van der Waals surface area (Å²) in [6, 6.07) is 0. The highest BCUT2D eigenvalue weighted by Gasteiger charge is 2.57. The Labute approximate surface area is 154 Å². The number of rotatable bonds is 5. The number of hydrogen-bond acceptors (Lipinski definition) is 5. The van der Waals surface area contributed by atoms with Crippen molar-refractivity contribution in [3.63, 3.8) is 0 Å². The van der Waals surface area contributed by atoms with Gasteiger partial charge in [0, 0.05) is 24.7 Å². The average molecular weight is 367 g/mol. The molecule has 3 saturated carbocycles. The number of carbonyl (C=O) groups excluding carboxylic acids is 2. The molecule has 0 aromatic rings. The molecule has 3 aliphatic carbocycles. The molecule has 0 aliphatic heterocycles. The summed E-state index contributed by atoms with van der Waals surface area (Å²) in [6.45, 7) is 6.14. The first-order chi connectivity index (χ1) is 12.0. The SMILES string of the molecule is C=C1C[C@@H](OC(=O)CSCCC)C2CCCC3(CCC(=O)C23)C[C@@H]1O. The monoisotopic (exact) mass is 366 g/mol. The van der Waals surface area contributed by atoms with E-state index in [1.807, 2.05) is 0 Å². The van der Waals surface area contributed by atoms with E-state index in [4.69, 9.17) is 4.74 Å². The van der Waals surface area contributed by atoms with Gasteiger partial charge < -0.3 is 9.84 Å². The van der Waals surface area contributed by atoms with Crippen LogP contribution in [0.3, 0.4) is 0 Å². The van der Waals surface area contributed by atoms with Crippen molar-refractivity contribution >= 4 is 23.5 Å². The number of ether oxygens (including phenoxy) is 1. The Balaban J connectivity index is 1.80. The third-order valence-electron chi connectivity index (χ3n) is 6.38. The summed E-state index contributed by atoms with van der Waals surface area (Å²) in [5.74, 6) is 1.45. The van der Waals surface area contributed by atoms with E-state index in [1.54, 1.807) is 11.8 Å². The Hall–Kier alpha value is -0.810. The smallest absolute Gasteiger partial charge is 0.316 e. The van der Waals surface area contributed by atoms with Gasteiger partial charge in [-0.25, -0.2) is 0 Å². The minimum absolute atomic E-state index is 0.0508. The first kappa shape index (κ1) is 19.0. The van der Waals surface area contributed by atoms with Gasteiger partial charge in [0.05, 0.1) is 11.9 Å². The van der Waals surface area contributed by atoms with Gasteiger partial charge in [-0.05, 0) is 48.8 Å². The van der Waals surface area contributed by atoms with Crippen molar-refractivity contribution in [3.8, 4) is 0 Å². The van der Waals surface area contributed by atoms with Gasteiger partial charge in [0.25, 0.3) is 0 Å². The van der Waals surface area contributed by atoms with Crippen molar-refractivity contribution in [2.45, 2.75) is 70.5 Å². The highest BCUT2D eigenvalue weighted by Crippen LogP contribution is 2.58. The molecule has 0 heterocycles. The molecule has 140 valence electrons. The normalized spacial score (nSPS) is 38.0. The van der Waals surface area contributed by atoms with Crippen LogP contribution in [0, 0.1) is 17.3 Å². The molecular weight excluding hydrogens is 336 g/mol. The van der Waals surface area contributed by atoms with E-state index in [0.29, 0.717) is 30.8 Å². The van der Waals surface area contributed by atoms with Crippen LogP contribution in [0.2, 0.25) is 0 Å². The third-order valence-corrected chi connectivity index (χ3v) is 7.52. The minimum Gasteiger partial charge on any atom is -0.461 e. The zero-order valence-corrected chi connectivity index (χ0v) is 16.0. The highest BCUT2D eigenvalue weighted by atomic mass is 32.2. The van der Waals surface area contributed by atoms with Gasteiger partial charge in [0.2, 0.25) is 0 Å². The quantitative estimate of drug-likeness (QED) is 0.458. The van der Waals surface area contributed by atoms with Crippen LogP contribution >= 0.6 is 11.8 Å². The van der Waals surface area contributed by atoms with E-state index < -0.39 is 6.10 Å². The van der Waals surface area contributed by atoms with Gasteiger partial charge >= 0.3 is 5.97 Å². The van der Waals surface area contributed by atoms with Crippen molar-refractivity contribution in [3.05, 3.63) is 12.2 Å². The number of Topliss-reactive ketones (excluding diaryl/α,β-unsaturated/α-hetero) is 1. The lowest BCUT2D eigenvalue weighted by Gasteiger charge is -2.48. The summed E-state index contributed by atoms with van der Waals surface area (Å²) in [7, 11) is 0. The fraction of sp³-hybridized carbons (Fsp3) is 0.800. The molecule has 0 spiro atoms. The maximum atomic E-state index is 12.7. The molecule has 3 fully saturated rings. The van der Waals surface area contributed by atoms with E-state index in [2.05, 4.69) is 13.5 Å². The van der Waals surface area contributed by atoms with E-state index in [0.717, 1.165) is 43.4 Å². The van der Waals surface area contributed by atoms with Crippen molar-refractivity contribution in [2.24, 2.45) is 17.3 Å². The molecule has 0 amide bonds. The predicted octanol–water partition coefficient (Wildman–Crippen LogP) is 3.52. The first-order valence-electron chi connectivity index (χ1n) is 9.62. The molecule has 3 unspecified atom stereocenters. The lowest BCUT2D eigenvalue weighted by Crippen LogP contribution is -2.48. The largest absolute Gasteiger partial charge is 0.461 e. The summed E-state index contributed by atoms with van der Waals surface area (Å²) < 4.78 is 5.85. The van der Waals surface area contributed by atoms with E-state index in [9.17, 15) is 14.7 Å². The molecule has 3 aliphatic rings. The van der Waals surface area contributed by atoms with Gasteiger partial charge in [-0.3, -0.25) is 9.59 Å². The van der Waals surface area contributed by atoms with Gasteiger partial charge in [-0.1, -0.05) is 19.9 Å². The van der Waals surface area contributed by atoms with Crippen molar-refractivity contribution < 1.29 is 19.4 Å². The standard InChI is InChI=1S/C20H30O4S/c1-3-9-25-12-18(23)24-17-10-13(2)16(22)11-20-7-4-5-14(17)19(20)15(21)6-8-20/h14,16-17,19,22H,2-12H2,1H3/t14?,16-,17+,19?,20?/m0/s1.